The van der Waals surface area contributed by atoms with Gasteiger partial charge < -0.3 is 4.48 Å². The van der Waals surface area contributed by atoms with Crippen LogP contribution in [0.1, 0.15) is 175 Å². The first-order chi connectivity index (χ1) is 17.7. The highest BCUT2D eigenvalue weighted by Gasteiger charge is 2.20. The van der Waals surface area contributed by atoms with Crippen LogP contribution in [0.5, 0.6) is 0 Å². The van der Waals surface area contributed by atoms with Crippen LogP contribution in [-0.4, -0.2) is 31.2 Å². The smallest absolute Gasteiger partial charge is 0.0784 e. The molecule has 0 radical (unpaired) electrons. The predicted molar refractivity (Wildman–Crippen MR) is 149 cm³/mol. The summed E-state index contributed by atoms with van der Waals surface area (Å²) in [6, 6.07) is 0. The molecule has 0 rings (SSSR count). The molecular weight excluding hydrogens is 486 g/mol. The predicted octanol–water partition coefficient (Wildman–Crippen LogP) is 6.10. The Morgan fingerprint density at radius 1 is 0.351 bits per heavy atom. The minimum atomic E-state index is -4.94. The van der Waals surface area contributed by atoms with E-state index < -0.39 is 10.2 Å². The van der Waals surface area contributed by atoms with Gasteiger partial charge in [0.2, 0.25) is 0 Å². The van der Waals surface area contributed by atoms with Crippen molar-refractivity contribution in [3.8, 4) is 0 Å². The second kappa shape index (κ2) is 29.1. The average Bonchev–Trinajstić information content (AvgIpc) is 2.83. The van der Waals surface area contributed by atoms with Crippen molar-refractivity contribution in [3.63, 3.8) is 0 Å². The molecule has 0 amide bonds. The molecule has 5 nitrogen and oxygen atoms in total. The van der Waals surface area contributed by atoms with Crippen molar-refractivity contribution >= 4 is 0 Å². The number of halogens is 1. The average molecular weight is 552 g/mol. The normalized spacial score (nSPS) is 12.0. The first kappa shape index (κ1) is 39.2. The van der Waals surface area contributed by atoms with Crippen LogP contribution in [0.15, 0.2) is 0 Å². The second-order valence-electron chi connectivity index (χ2n) is 11.6. The number of quaternary nitrogens is 1. The van der Waals surface area contributed by atoms with Gasteiger partial charge in [0, 0.05) is 0 Å². The summed E-state index contributed by atoms with van der Waals surface area (Å²) in [4.78, 5) is 0. The monoisotopic (exact) mass is 551 g/mol. The second-order valence-corrected chi connectivity index (χ2v) is 12.3. The topological polar surface area (TPSA) is 92.2 Å². The summed E-state index contributed by atoms with van der Waals surface area (Å²) in [6.45, 7) is 11.2. The molecule has 0 unspecified atom stereocenters. The zero-order valence-corrected chi connectivity index (χ0v) is 26.3. The molecule has 37 heavy (non-hydrogen) atoms. The van der Waals surface area contributed by atoms with E-state index in [4.69, 9.17) is 18.6 Å². The van der Waals surface area contributed by atoms with Crippen molar-refractivity contribution in [2.24, 2.45) is 0 Å². The van der Waals surface area contributed by atoms with E-state index in [1.165, 1.54) is 178 Å². The van der Waals surface area contributed by atoms with Crippen LogP contribution in [0.25, 0.3) is 0 Å². The van der Waals surface area contributed by atoms with E-state index in [2.05, 4.69) is 27.8 Å². The molecule has 6 heteroatoms. The van der Waals surface area contributed by atoms with Crippen LogP contribution >= 0.6 is 0 Å². The van der Waals surface area contributed by atoms with Gasteiger partial charge in [0.1, 0.15) is 0 Å². The molecule has 226 valence electrons. The van der Waals surface area contributed by atoms with E-state index in [-0.39, 0.29) is 0 Å². The maximum absolute atomic E-state index is 8.49. The number of rotatable bonds is 27. The van der Waals surface area contributed by atoms with Crippen molar-refractivity contribution < 1.29 is 33.4 Å². The lowest BCUT2D eigenvalue weighted by molar-refractivity contribution is -2.00. The van der Waals surface area contributed by atoms with Gasteiger partial charge in [-0.3, -0.25) is 0 Å². The zero-order chi connectivity index (χ0) is 28.1. The third-order valence-electron chi connectivity index (χ3n) is 7.65. The lowest BCUT2D eigenvalue weighted by atomic mass is 10.1. The SMILES string of the molecule is CCCCCCCCCC[N+](C)(CCCCCCCCCC)CCCCCCCCCC.[O-][Cl+3]([O-])([O-])[O-]. The van der Waals surface area contributed by atoms with Crippen molar-refractivity contribution in [2.75, 3.05) is 26.7 Å². The van der Waals surface area contributed by atoms with E-state index >= 15 is 0 Å². The van der Waals surface area contributed by atoms with Gasteiger partial charge in [0.05, 0.1) is 26.7 Å². The van der Waals surface area contributed by atoms with Gasteiger partial charge in [0.25, 0.3) is 0 Å². The Kier molecular flexibility index (Phi) is 30.8. The third kappa shape index (κ3) is 38.3. The Morgan fingerprint density at radius 3 is 0.703 bits per heavy atom. The molecule has 0 atom stereocenters. The summed E-state index contributed by atoms with van der Waals surface area (Å²) in [5, 5.41) is 0. The molecule has 0 saturated carbocycles. The molecule has 0 bridgehead atoms. The largest absolute Gasteiger partial charge is 0.326 e. The Bertz CT molecular complexity index is 376. The Hall–Kier alpha value is 0.0900. The van der Waals surface area contributed by atoms with Crippen LogP contribution in [0, 0.1) is 10.2 Å². The van der Waals surface area contributed by atoms with E-state index in [0.29, 0.717) is 0 Å². The molecular formula is C31H66ClNO4. The van der Waals surface area contributed by atoms with Gasteiger partial charge in [-0.2, -0.15) is 0 Å². The van der Waals surface area contributed by atoms with Crippen molar-refractivity contribution in [1.82, 2.24) is 0 Å². The van der Waals surface area contributed by atoms with E-state index in [0.717, 1.165) is 0 Å². The van der Waals surface area contributed by atoms with E-state index in [1.807, 2.05) is 0 Å². The molecule has 0 aromatic carbocycles. The van der Waals surface area contributed by atoms with Crippen LogP contribution in [-0.2, 0) is 0 Å². The van der Waals surface area contributed by atoms with Crippen molar-refractivity contribution in [1.29, 1.82) is 0 Å². The van der Waals surface area contributed by atoms with Crippen LogP contribution in [0.4, 0.5) is 0 Å². The molecule has 0 heterocycles. The van der Waals surface area contributed by atoms with Gasteiger partial charge in [-0.25, -0.2) is 18.6 Å². The van der Waals surface area contributed by atoms with Crippen LogP contribution < -0.4 is 18.6 Å². The molecule has 0 aromatic rings. The Morgan fingerprint density at radius 2 is 0.514 bits per heavy atom. The third-order valence-corrected chi connectivity index (χ3v) is 7.65. The highest BCUT2D eigenvalue weighted by atomic mass is 35.7. The first-order valence-electron chi connectivity index (χ1n) is 16.1. The fourth-order valence-electron chi connectivity index (χ4n) is 5.22. The fourth-order valence-corrected chi connectivity index (χ4v) is 5.22. The van der Waals surface area contributed by atoms with E-state index in [9.17, 15) is 0 Å². The van der Waals surface area contributed by atoms with Crippen molar-refractivity contribution in [2.45, 2.75) is 175 Å². The minimum absolute atomic E-state index is 1.36. The number of hydrogen-bond acceptors (Lipinski definition) is 4. The lowest BCUT2D eigenvalue weighted by Crippen LogP contribution is -2.68. The number of nitrogens with zero attached hydrogens (tertiary/aromatic N) is 1. The number of hydrogen-bond donors (Lipinski definition) is 0. The van der Waals surface area contributed by atoms with Crippen LogP contribution in [0.2, 0.25) is 0 Å². The van der Waals surface area contributed by atoms with Gasteiger partial charge in [-0.1, -0.05) is 136 Å². The summed E-state index contributed by atoms with van der Waals surface area (Å²) in [6.07, 6.45) is 34.8. The molecule has 0 aliphatic carbocycles. The maximum Gasteiger partial charge on any atom is 0.0784 e. The summed E-state index contributed by atoms with van der Waals surface area (Å²) in [5.74, 6) is 0. The molecule has 0 aromatic heterocycles. The lowest BCUT2D eigenvalue weighted by Gasteiger charge is -2.35. The highest BCUT2D eigenvalue weighted by Crippen LogP contribution is 2.17. The van der Waals surface area contributed by atoms with Gasteiger partial charge in [0.15, 0.2) is 0 Å². The Labute approximate surface area is 234 Å². The van der Waals surface area contributed by atoms with Crippen LogP contribution in [0.3, 0.4) is 0 Å². The molecule has 0 aliphatic rings. The van der Waals surface area contributed by atoms with Gasteiger partial charge in [-0.05, 0) is 38.5 Å². The standard InChI is InChI=1S/C31H66N.ClHO4/c1-5-8-11-14-17-20-23-26-29-32(4,30-27-24-21-18-15-12-9-6-2)31-28-25-22-19-16-13-10-7-3;2-1(3,4)5/h5-31H2,1-4H3;(H,2,3,4,5)/q+1;/p-1. The summed E-state index contributed by atoms with van der Waals surface area (Å²) in [5.41, 5.74) is 0. The molecule has 0 fully saturated rings. The van der Waals surface area contributed by atoms with Gasteiger partial charge in [-0.15, -0.1) is 10.2 Å². The molecule has 0 spiro atoms. The van der Waals surface area contributed by atoms with E-state index in [1.54, 1.807) is 0 Å². The molecule has 0 N–H and O–H groups in total. The highest BCUT2D eigenvalue weighted by molar-refractivity contribution is 4.52. The van der Waals surface area contributed by atoms with Crippen molar-refractivity contribution in [3.05, 3.63) is 0 Å². The quantitative estimate of drug-likeness (QED) is 0.0910. The summed E-state index contributed by atoms with van der Waals surface area (Å²) >= 11 is 0. The minimum Gasteiger partial charge on any atom is -0.326 e. The summed E-state index contributed by atoms with van der Waals surface area (Å²) < 4.78 is 35.3. The first-order valence-corrected chi connectivity index (χ1v) is 17.4. The maximum atomic E-state index is 8.49. The summed E-state index contributed by atoms with van der Waals surface area (Å²) in [7, 11) is -2.36. The van der Waals surface area contributed by atoms with Gasteiger partial charge >= 0.3 is 0 Å². The molecule has 0 aliphatic heterocycles. The Balaban J connectivity index is 0. The number of unbranched alkanes of at least 4 members (excludes halogenated alkanes) is 21. The fraction of sp³-hybridized carbons (Fsp3) is 1.00. The molecule has 0 saturated heterocycles. The zero-order valence-electron chi connectivity index (χ0n) is 25.6.